The topological polar surface area (TPSA) is 27.7 Å². The first-order valence-electron chi connectivity index (χ1n) is 6.80. The largest absolute Gasteiger partial charge is 0.383 e. The molecule has 4 heteroatoms. The molecule has 0 saturated carbocycles. The first-order chi connectivity index (χ1) is 8.22. The van der Waals surface area contributed by atoms with Gasteiger partial charge in [0.25, 0.3) is 0 Å². The van der Waals surface area contributed by atoms with Crippen LogP contribution < -0.4 is 5.32 Å². The molecule has 0 aromatic heterocycles. The fourth-order valence-corrected chi connectivity index (χ4v) is 2.77. The van der Waals surface area contributed by atoms with E-state index in [1.54, 1.807) is 7.11 Å². The number of likely N-dealkylation sites (N-methyl/N-ethyl adjacent to an activating group) is 3. The van der Waals surface area contributed by atoms with Gasteiger partial charge < -0.3 is 10.1 Å². The molecule has 4 nitrogen and oxygen atoms in total. The van der Waals surface area contributed by atoms with Crippen molar-refractivity contribution in [3.8, 4) is 0 Å². The molecule has 1 aliphatic heterocycles. The highest BCUT2D eigenvalue weighted by Gasteiger charge is 2.26. The van der Waals surface area contributed by atoms with Gasteiger partial charge in [0.1, 0.15) is 0 Å². The van der Waals surface area contributed by atoms with E-state index in [0.29, 0.717) is 6.04 Å². The van der Waals surface area contributed by atoms with Crippen molar-refractivity contribution in [2.45, 2.75) is 31.8 Å². The van der Waals surface area contributed by atoms with Crippen LogP contribution >= 0.6 is 0 Å². The number of rotatable bonds is 8. The molecule has 102 valence electrons. The molecule has 1 aliphatic rings. The summed E-state index contributed by atoms with van der Waals surface area (Å²) in [7, 11) is 6.00. The van der Waals surface area contributed by atoms with Crippen molar-refractivity contribution in [1.29, 1.82) is 0 Å². The third-order valence-corrected chi connectivity index (χ3v) is 3.83. The number of likely N-dealkylation sites (tertiary alicyclic amines) is 1. The van der Waals surface area contributed by atoms with Crippen LogP contribution in [-0.4, -0.2) is 75.9 Å². The van der Waals surface area contributed by atoms with Crippen molar-refractivity contribution >= 4 is 0 Å². The number of ether oxygens (including phenoxy) is 1. The molecule has 0 aromatic rings. The predicted octanol–water partition coefficient (Wildman–Crippen LogP) is 0.637. The highest BCUT2D eigenvalue weighted by Crippen LogP contribution is 2.17. The van der Waals surface area contributed by atoms with Gasteiger partial charge in [-0.05, 0) is 40.0 Å². The molecule has 0 aliphatic carbocycles. The van der Waals surface area contributed by atoms with Crippen LogP contribution in [0.4, 0.5) is 0 Å². The summed E-state index contributed by atoms with van der Waals surface area (Å²) in [5.74, 6) is 0. The van der Waals surface area contributed by atoms with E-state index in [0.717, 1.165) is 25.7 Å². The molecule has 1 N–H and O–H groups in total. The molecule has 1 rings (SSSR count). The van der Waals surface area contributed by atoms with Crippen LogP contribution in [0.3, 0.4) is 0 Å². The van der Waals surface area contributed by atoms with Crippen LogP contribution in [0.5, 0.6) is 0 Å². The summed E-state index contributed by atoms with van der Waals surface area (Å²) < 4.78 is 5.30. The van der Waals surface area contributed by atoms with Gasteiger partial charge in [0.2, 0.25) is 0 Å². The van der Waals surface area contributed by atoms with E-state index >= 15 is 0 Å². The van der Waals surface area contributed by atoms with Gasteiger partial charge in [0.15, 0.2) is 0 Å². The van der Waals surface area contributed by atoms with Gasteiger partial charge in [-0.2, -0.15) is 0 Å². The third kappa shape index (κ3) is 4.54. The van der Waals surface area contributed by atoms with E-state index in [1.165, 1.54) is 25.9 Å². The smallest absolute Gasteiger partial charge is 0.0630 e. The Hall–Kier alpha value is -0.160. The zero-order valence-corrected chi connectivity index (χ0v) is 11.9. The van der Waals surface area contributed by atoms with E-state index in [2.05, 4.69) is 29.1 Å². The Morgan fingerprint density at radius 2 is 2.29 bits per heavy atom. The summed E-state index contributed by atoms with van der Waals surface area (Å²) in [5.41, 5.74) is 0. The molecule has 17 heavy (non-hydrogen) atoms. The Kier molecular flexibility index (Phi) is 7.04. The highest BCUT2D eigenvalue weighted by molar-refractivity contribution is 4.83. The zero-order valence-electron chi connectivity index (χ0n) is 11.9. The molecular weight excluding hydrogens is 214 g/mol. The number of hydrogen-bond acceptors (Lipinski definition) is 4. The second kappa shape index (κ2) is 8.03. The lowest BCUT2D eigenvalue weighted by atomic mass is 10.1. The van der Waals surface area contributed by atoms with Crippen molar-refractivity contribution < 1.29 is 4.74 Å². The monoisotopic (exact) mass is 243 g/mol. The van der Waals surface area contributed by atoms with Gasteiger partial charge in [-0.15, -0.1) is 0 Å². The maximum absolute atomic E-state index is 5.30. The summed E-state index contributed by atoms with van der Waals surface area (Å²) in [6.45, 7) is 7.66. The fourth-order valence-electron chi connectivity index (χ4n) is 2.77. The first kappa shape index (κ1) is 14.9. The molecule has 1 saturated heterocycles. The zero-order chi connectivity index (χ0) is 12.7. The lowest BCUT2D eigenvalue weighted by Gasteiger charge is -2.32. The highest BCUT2D eigenvalue weighted by atomic mass is 16.5. The molecule has 0 bridgehead atoms. The van der Waals surface area contributed by atoms with Crippen LogP contribution in [-0.2, 0) is 4.74 Å². The third-order valence-electron chi connectivity index (χ3n) is 3.83. The van der Waals surface area contributed by atoms with Gasteiger partial charge in [-0.25, -0.2) is 0 Å². The first-order valence-corrected chi connectivity index (χ1v) is 6.80. The predicted molar refractivity (Wildman–Crippen MR) is 72.5 cm³/mol. The SMILES string of the molecule is CCN1CCCC1CN(C)C(CNC)COC. The average molecular weight is 243 g/mol. The van der Waals surface area contributed by atoms with E-state index in [1.807, 2.05) is 7.05 Å². The maximum Gasteiger partial charge on any atom is 0.0630 e. The summed E-state index contributed by atoms with van der Waals surface area (Å²) in [6, 6.07) is 1.21. The van der Waals surface area contributed by atoms with Gasteiger partial charge in [-0.3, -0.25) is 9.80 Å². The molecule has 0 aromatic carbocycles. The second-order valence-electron chi connectivity index (χ2n) is 5.03. The van der Waals surface area contributed by atoms with Crippen LogP contribution in [0, 0.1) is 0 Å². The molecular formula is C13H29N3O. The van der Waals surface area contributed by atoms with Crippen molar-refractivity contribution in [2.75, 3.05) is 54.0 Å². The molecule has 2 atom stereocenters. The molecule has 1 fully saturated rings. The molecule has 0 radical (unpaired) electrons. The Balaban J connectivity index is 2.41. The normalized spacial score (nSPS) is 23.5. The Morgan fingerprint density at radius 3 is 2.88 bits per heavy atom. The Morgan fingerprint density at radius 1 is 1.53 bits per heavy atom. The van der Waals surface area contributed by atoms with Crippen LogP contribution in [0.25, 0.3) is 0 Å². The van der Waals surface area contributed by atoms with Crippen LogP contribution in [0.2, 0.25) is 0 Å². The van der Waals surface area contributed by atoms with Gasteiger partial charge in [0, 0.05) is 32.3 Å². The van der Waals surface area contributed by atoms with Crippen molar-refractivity contribution in [3.05, 3.63) is 0 Å². The Labute approximate surface area is 106 Å². The molecule has 1 heterocycles. The standard InChI is InChI=1S/C13H29N3O/c1-5-16-8-6-7-12(16)10-15(3)13(9-14-2)11-17-4/h12-14H,5-11H2,1-4H3. The number of nitrogens with one attached hydrogen (secondary N) is 1. The average Bonchev–Trinajstić information content (AvgIpc) is 2.76. The van der Waals surface area contributed by atoms with E-state index in [4.69, 9.17) is 4.74 Å². The summed E-state index contributed by atoms with van der Waals surface area (Å²) >= 11 is 0. The van der Waals surface area contributed by atoms with Crippen molar-refractivity contribution in [1.82, 2.24) is 15.1 Å². The number of methoxy groups -OCH3 is 1. The minimum atomic E-state index is 0.476. The van der Waals surface area contributed by atoms with Gasteiger partial charge in [-0.1, -0.05) is 6.92 Å². The quantitative estimate of drug-likeness (QED) is 0.677. The van der Waals surface area contributed by atoms with E-state index in [-0.39, 0.29) is 0 Å². The van der Waals surface area contributed by atoms with Crippen LogP contribution in [0.1, 0.15) is 19.8 Å². The van der Waals surface area contributed by atoms with E-state index < -0.39 is 0 Å². The van der Waals surface area contributed by atoms with Gasteiger partial charge >= 0.3 is 0 Å². The van der Waals surface area contributed by atoms with Crippen molar-refractivity contribution in [2.24, 2.45) is 0 Å². The summed E-state index contributed by atoms with van der Waals surface area (Å²) in [6.07, 6.45) is 2.70. The maximum atomic E-state index is 5.30. The molecule has 0 amide bonds. The number of hydrogen-bond donors (Lipinski definition) is 1. The lowest BCUT2D eigenvalue weighted by Crippen LogP contribution is -2.47. The van der Waals surface area contributed by atoms with E-state index in [9.17, 15) is 0 Å². The van der Waals surface area contributed by atoms with Crippen LogP contribution in [0.15, 0.2) is 0 Å². The summed E-state index contributed by atoms with van der Waals surface area (Å²) in [4.78, 5) is 5.04. The minimum Gasteiger partial charge on any atom is -0.383 e. The van der Waals surface area contributed by atoms with Crippen molar-refractivity contribution in [3.63, 3.8) is 0 Å². The van der Waals surface area contributed by atoms with Gasteiger partial charge in [0.05, 0.1) is 6.61 Å². The Bertz CT molecular complexity index is 195. The second-order valence-corrected chi connectivity index (χ2v) is 5.03. The lowest BCUT2D eigenvalue weighted by molar-refractivity contribution is 0.0885. The fraction of sp³-hybridized carbons (Fsp3) is 1.00. The minimum absolute atomic E-state index is 0.476. The number of nitrogens with zero attached hydrogens (tertiary/aromatic N) is 2. The summed E-state index contributed by atoms with van der Waals surface area (Å²) in [5, 5.41) is 3.25. The molecule has 0 spiro atoms. The molecule has 2 unspecified atom stereocenters.